The largest absolute Gasteiger partial charge is 0.459 e. The van der Waals surface area contributed by atoms with Crippen molar-refractivity contribution in [1.29, 1.82) is 0 Å². The van der Waals surface area contributed by atoms with Gasteiger partial charge in [0.2, 0.25) is 0 Å². The third-order valence-corrected chi connectivity index (χ3v) is 5.04. The molecule has 0 spiro atoms. The van der Waals surface area contributed by atoms with E-state index in [0.717, 1.165) is 25.7 Å². The van der Waals surface area contributed by atoms with E-state index in [1.54, 1.807) is 17.0 Å². The van der Waals surface area contributed by atoms with Crippen LogP contribution in [0.3, 0.4) is 0 Å². The van der Waals surface area contributed by atoms with Crippen LogP contribution in [0.25, 0.3) is 0 Å². The molecule has 0 unspecified atom stereocenters. The Morgan fingerprint density at radius 2 is 1.58 bits per heavy atom. The highest BCUT2D eigenvalue weighted by Crippen LogP contribution is 2.18. The van der Waals surface area contributed by atoms with Crippen molar-refractivity contribution in [3.8, 4) is 0 Å². The molecule has 3 amide bonds. The summed E-state index contributed by atoms with van der Waals surface area (Å²) in [5.74, 6) is 0.314. The maximum Gasteiger partial charge on any atom is 0.315 e. The molecule has 0 atom stereocenters. The minimum Gasteiger partial charge on any atom is -0.459 e. The first kappa shape index (κ1) is 16.9. The maximum atomic E-state index is 12.2. The summed E-state index contributed by atoms with van der Waals surface area (Å²) in [7, 11) is 0. The van der Waals surface area contributed by atoms with Crippen LogP contribution in [-0.2, 0) is 0 Å². The lowest BCUT2D eigenvalue weighted by atomic mass is 10.0. The molecule has 1 saturated carbocycles. The van der Waals surface area contributed by atoms with Gasteiger partial charge in [-0.15, -0.1) is 0 Å². The zero-order valence-corrected chi connectivity index (χ0v) is 14.1. The zero-order chi connectivity index (χ0) is 16.8. The molecule has 2 aliphatic rings. The third-order valence-electron chi connectivity index (χ3n) is 5.04. The SMILES string of the molecule is O=C(NC1CCCCCC1)NC1CCN(C(=O)c2ccco2)CC1. The molecule has 6 heteroatoms. The van der Waals surface area contributed by atoms with Gasteiger partial charge in [0.25, 0.3) is 5.91 Å². The predicted molar refractivity (Wildman–Crippen MR) is 90.8 cm³/mol. The fourth-order valence-electron chi connectivity index (χ4n) is 3.62. The lowest BCUT2D eigenvalue weighted by Crippen LogP contribution is -2.50. The number of furan rings is 1. The zero-order valence-electron chi connectivity index (χ0n) is 14.1. The Labute approximate surface area is 143 Å². The second-order valence-corrected chi connectivity index (χ2v) is 6.85. The van der Waals surface area contributed by atoms with Crippen molar-refractivity contribution < 1.29 is 14.0 Å². The molecule has 1 aromatic heterocycles. The molecule has 1 saturated heterocycles. The first-order valence-corrected chi connectivity index (χ1v) is 9.12. The van der Waals surface area contributed by atoms with Gasteiger partial charge in [0, 0.05) is 25.2 Å². The van der Waals surface area contributed by atoms with Gasteiger partial charge in [0.15, 0.2) is 5.76 Å². The Bertz CT molecular complexity index is 528. The van der Waals surface area contributed by atoms with E-state index in [1.165, 1.54) is 31.9 Å². The van der Waals surface area contributed by atoms with Crippen LogP contribution in [0, 0.1) is 0 Å². The lowest BCUT2D eigenvalue weighted by Gasteiger charge is -2.32. The van der Waals surface area contributed by atoms with E-state index >= 15 is 0 Å². The third kappa shape index (κ3) is 4.52. The quantitative estimate of drug-likeness (QED) is 0.835. The normalized spacial score (nSPS) is 20.4. The number of urea groups is 1. The van der Waals surface area contributed by atoms with Gasteiger partial charge in [0.1, 0.15) is 0 Å². The molecule has 3 rings (SSSR count). The first-order chi connectivity index (χ1) is 11.7. The minimum atomic E-state index is -0.0682. The number of nitrogens with zero attached hydrogens (tertiary/aromatic N) is 1. The van der Waals surface area contributed by atoms with Crippen LogP contribution in [0.4, 0.5) is 4.79 Å². The Morgan fingerprint density at radius 1 is 0.958 bits per heavy atom. The van der Waals surface area contributed by atoms with Crippen molar-refractivity contribution in [2.75, 3.05) is 13.1 Å². The molecule has 2 N–H and O–H groups in total. The van der Waals surface area contributed by atoms with Crippen molar-refractivity contribution in [2.24, 2.45) is 0 Å². The van der Waals surface area contributed by atoms with Gasteiger partial charge in [0.05, 0.1) is 6.26 Å². The Morgan fingerprint density at radius 3 is 2.17 bits per heavy atom. The average molecular weight is 333 g/mol. The fourth-order valence-corrected chi connectivity index (χ4v) is 3.62. The molecule has 1 aromatic rings. The van der Waals surface area contributed by atoms with Crippen molar-refractivity contribution in [3.63, 3.8) is 0 Å². The van der Waals surface area contributed by atoms with Crippen LogP contribution in [0.15, 0.2) is 22.8 Å². The van der Waals surface area contributed by atoms with Crippen LogP contribution in [0.1, 0.15) is 61.9 Å². The number of nitrogens with one attached hydrogen (secondary N) is 2. The molecule has 24 heavy (non-hydrogen) atoms. The Hall–Kier alpha value is -1.98. The summed E-state index contributed by atoms with van der Waals surface area (Å²) in [6.07, 6.45) is 10.2. The van der Waals surface area contributed by atoms with Gasteiger partial charge in [-0.05, 0) is 37.8 Å². The summed E-state index contributed by atoms with van der Waals surface area (Å²) < 4.78 is 5.16. The number of hydrogen-bond donors (Lipinski definition) is 2. The minimum absolute atomic E-state index is 0.0577. The summed E-state index contributed by atoms with van der Waals surface area (Å²) in [5, 5.41) is 6.19. The van der Waals surface area contributed by atoms with E-state index in [9.17, 15) is 9.59 Å². The molecule has 0 radical (unpaired) electrons. The Balaban J connectivity index is 1.40. The first-order valence-electron chi connectivity index (χ1n) is 9.12. The number of carbonyl (C=O) groups is 2. The van der Waals surface area contributed by atoms with Crippen LogP contribution in [0.2, 0.25) is 0 Å². The van der Waals surface area contributed by atoms with Gasteiger partial charge in [-0.3, -0.25) is 4.79 Å². The van der Waals surface area contributed by atoms with Gasteiger partial charge in [-0.2, -0.15) is 0 Å². The topological polar surface area (TPSA) is 74.6 Å². The van der Waals surface area contributed by atoms with Crippen LogP contribution < -0.4 is 10.6 Å². The van der Waals surface area contributed by atoms with E-state index < -0.39 is 0 Å². The molecular formula is C18H27N3O3. The number of rotatable bonds is 3. The summed E-state index contributed by atoms with van der Waals surface area (Å²) in [4.78, 5) is 26.2. The molecule has 0 bridgehead atoms. The monoisotopic (exact) mass is 333 g/mol. The lowest BCUT2D eigenvalue weighted by molar-refractivity contribution is 0.0676. The second-order valence-electron chi connectivity index (χ2n) is 6.85. The van der Waals surface area contributed by atoms with Gasteiger partial charge in [-0.25, -0.2) is 4.79 Å². The molecule has 2 heterocycles. The standard InChI is InChI=1S/C18H27N3O3/c22-17(16-8-5-13-24-16)21-11-9-15(10-12-21)20-18(23)19-14-6-3-1-2-4-7-14/h5,8,13-15H,1-4,6-7,9-12H2,(H2,19,20,23). The van der Waals surface area contributed by atoms with Crippen LogP contribution >= 0.6 is 0 Å². The summed E-state index contributed by atoms with van der Waals surface area (Å²) in [6.45, 7) is 1.29. The molecule has 132 valence electrons. The number of likely N-dealkylation sites (tertiary alicyclic amines) is 1. The second kappa shape index (κ2) is 8.22. The van der Waals surface area contributed by atoms with E-state index in [2.05, 4.69) is 10.6 Å². The Kier molecular flexibility index (Phi) is 5.77. The molecule has 1 aliphatic heterocycles. The van der Waals surface area contributed by atoms with Gasteiger partial charge in [-0.1, -0.05) is 25.7 Å². The average Bonchev–Trinajstić information content (AvgIpc) is 3.01. The maximum absolute atomic E-state index is 12.2. The molecule has 6 nitrogen and oxygen atoms in total. The molecule has 0 aromatic carbocycles. The van der Waals surface area contributed by atoms with Crippen LogP contribution in [0.5, 0.6) is 0 Å². The van der Waals surface area contributed by atoms with E-state index in [4.69, 9.17) is 4.42 Å². The van der Waals surface area contributed by atoms with Gasteiger partial charge < -0.3 is 20.0 Å². The van der Waals surface area contributed by atoms with Crippen molar-refractivity contribution in [3.05, 3.63) is 24.2 Å². The van der Waals surface area contributed by atoms with E-state index in [1.807, 2.05) is 0 Å². The highest BCUT2D eigenvalue weighted by Gasteiger charge is 2.26. The highest BCUT2D eigenvalue weighted by molar-refractivity contribution is 5.91. The van der Waals surface area contributed by atoms with Crippen molar-refractivity contribution >= 4 is 11.9 Å². The predicted octanol–water partition coefficient (Wildman–Crippen LogP) is 2.91. The highest BCUT2D eigenvalue weighted by atomic mass is 16.3. The molecular weight excluding hydrogens is 306 g/mol. The number of hydrogen-bond acceptors (Lipinski definition) is 3. The summed E-state index contributed by atoms with van der Waals surface area (Å²) in [6, 6.07) is 3.80. The van der Waals surface area contributed by atoms with E-state index in [-0.39, 0.29) is 18.0 Å². The molecule has 2 fully saturated rings. The van der Waals surface area contributed by atoms with Crippen LogP contribution in [-0.4, -0.2) is 42.0 Å². The van der Waals surface area contributed by atoms with E-state index in [0.29, 0.717) is 24.9 Å². The number of piperidine rings is 1. The van der Waals surface area contributed by atoms with Gasteiger partial charge >= 0.3 is 6.03 Å². The van der Waals surface area contributed by atoms with Crippen molar-refractivity contribution in [2.45, 2.75) is 63.5 Å². The summed E-state index contributed by atoms with van der Waals surface area (Å²) in [5.41, 5.74) is 0. The smallest absolute Gasteiger partial charge is 0.315 e. The number of amides is 3. The van der Waals surface area contributed by atoms with Crippen molar-refractivity contribution in [1.82, 2.24) is 15.5 Å². The number of carbonyl (C=O) groups excluding carboxylic acids is 2. The summed E-state index contributed by atoms with van der Waals surface area (Å²) >= 11 is 0. The molecule has 1 aliphatic carbocycles. The fraction of sp³-hybridized carbons (Fsp3) is 0.667.